The lowest BCUT2D eigenvalue weighted by molar-refractivity contribution is -0.274. The van der Waals surface area contributed by atoms with Crippen LogP contribution in [-0.4, -0.2) is 67.2 Å². The van der Waals surface area contributed by atoms with Crippen molar-refractivity contribution < 1.29 is 27.5 Å². The molecule has 1 aliphatic heterocycles. The number of hydrogen-bond acceptors (Lipinski definition) is 6. The molecule has 0 atom stereocenters. The summed E-state index contributed by atoms with van der Waals surface area (Å²) >= 11 is 0. The van der Waals surface area contributed by atoms with E-state index in [9.17, 15) is 22.8 Å². The van der Waals surface area contributed by atoms with Gasteiger partial charge in [0.25, 0.3) is 0 Å². The van der Waals surface area contributed by atoms with E-state index in [0.29, 0.717) is 43.1 Å². The van der Waals surface area contributed by atoms with E-state index in [4.69, 9.17) is 5.26 Å². The van der Waals surface area contributed by atoms with Crippen molar-refractivity contribution in [2.45, 2.75) is 6.36 Å². The number of amides is 2. The number of halogens is 3. The molecule has 174 valence electrons. The van der Waals surface area contributed by atoms with E-state index in [1.54, 1.807) is 24.3 Å². The summed E-state index contributed by atoms with van der Waals surface area (Å²) in [6.07, 6.45) is -4.77. The van der Waals surface area contributed by atoms with E-state index in [-0.39, 0.29) is 30.7 Å². The molecule has 2 N–H and O–H groups in total. The third kappa shape index (κ3) is 8.10. The maximum absolute atomic E-state index is 12.2. The second-order valence-electron chi connectivity index (χ2n) is 7.41. The standard InChI is InChI=1S/C22H22F3N5O3/c23-22(24,25)33-19-7-5-18(6-8-19)28-21(32)15-30-11-9-29(10-12-30)14-20(31)27-17-3-1-16(13-26)2-4-17/h1-8H,9-12,14-15H2,(H,27,31)(H,28,32). The highest BCUT2D eigenvalue weighted by atomic mass is 19.4. The van der Waals surface area contributed by atoms with Gasteiger partial charge in [-0.2, -0.15) is 5.26 Å². The highest BCUT2D eigenvalue weighted by Gasteiger charge is 2.31. The second kappa shape index (κ2) is 10.8. The molecule has 3 rings (SSSR count). The number of nitrogens with one attached hydrogen (secondary N) is 2. The van der Waals surface area contributed by atoms with Crippen molar-refractivity contribution in [3.8, 4) is 11.8 Å². The van der Waals surface area contributed by atoms with Crippen LogP contribution < -0.4 is 15.4 Å². The van der Waals surface area contributed by atoms with Crippen molar-refractivity contribution in [1.29, 1.82) is 5.26 Å². The lowest BCUT2D eigenvalue weighted by atomic mass is 10.2. The van der Waals surface area contributed by atoms with Crippen molar-refractivity contribution in [3.05, 3.63) is 54.1 Å². The molecular weight excluding hydrogens is 439 g/mol. The third-order valence-electron chi connectivity index (χ3n) is 4.87. The zero-order valence-electron chi connectivity index (χ0n) is 17.6. The lowest BCUT2D eigenvalue weighted by Crippen LogP contribution is -2.50. The van der Waals surface area contributed by atoms with Crippen molar-refractivity contribution in [2.75, 3.05) is 49.9 Å². The fraction of sp³-hybridized carbons (Fsp3) is 0.318. The molecule has 1 aliphatic rings. The molecule has 2 aromatic carbocycles. The molecule has 1 heterocycles. The molecule has 2 aromatic rings. The van der Waals surface area contributed by atoms with Gasteiger partial charge in [0.15, 0.2) is 0 Å². The molecule has 0 saturated carbocycles. The number of hydrogen-bond donors (Lipinski definition) is 2. The number of piperazine rings is 1. The van der Waals surface area contributed by atoms with Crippen molar-refractivity contribution in [3.63, 3.8) is 0 Å². The van der Waals surface area contributed by atoms with Crippen molar-refractivity contribution in [2.24, 2.45) is 0 Å². The maximum Gasteiger partial charge on any atom is 0.573 e. The Hall–Kier alpha value is -3.62. The van der Waals surface area contributed by atoms with Gasteiger partial charge in [-0.1, -0.05) is 0 Å². The Labute approximate surface area is 188 Å². The first kappa shape index (κ1) is 24.0. The summed E-state index contributed by atoms with van der Waals surface area (Å²) in [6, 6.07) is 13.5. The fourth-order valence-corrected chi connectivity index (χ4v) is 3.28. The van der Waals surface area contributed by atoms with Crippen LogP contribution in [0.4, 0.5) is 24.5 Å². The number of rotatable bonds is 7. The molecule has 2 amide bonds. The molecule has 0 bridgehead atoms. The largest absolute Gasteiger partial charge is 0.573 e. The quantitative estimate of drug-likeness (QED) is 0.658. The zero-order valence-corrected chi connectivity index (χ0v) is 17.6. The van der Waals surface area contributed by atoms with Crippen LogP contribution in [0.2, 0.25) is 0 Å². The number of carbonyl (C=O) groups excluding carboxylic acids is 2. The summed E-state index contributed by atoms with van der Waals surface area (Å²) in [7, 11) is 0. The maximum atomic E-state index is 12.2. The number of nitriles is 1. The predicted molar refractivity (Wildman–Crippen MR) is 114 cm³/mol. The molecule has 0 spiro atoms. The average molecular weight is 461 g/mol. The second-order valence-corrected chi connectivity index (χ2v) is 7.41. The van der Waals surface area contributed by atoms with E-state index in [0.717, 1.165) is 12.1 Å². The Balaban J connectivity index is 1.37. The Bertz CT molecular complexity index is 996. The van der Waals surface area contributed by atoms with Crippen LogP contribution in [0, 0.1) is 11.3 Å². The molecule has 0 aliphatic carbocycles. The molecule has 8 nitrogen and oxygen atoms in total. The Morgan fingerprint density at radius 3 is 1.67 bits per heavy atom. The summed E-state index contributed by atoms with van der Waals surface area (Å²) in [5.74, 6) is -0.810. The van der Waals surface area contributed by atoms with Gasteiger partial charge in [0.1, 0.15) is 5.75 Å². The van der Waals surface area contributed by atoms with E-state index in [1.807, 2.05) is 15.9 Å². The normalized spacial score (nSPS) is 14.8. The summed E-state index contributed by atoms with van der Waals surface area (Å²) in [6.45, 7) is 2.75. The number of ether oxygens (including phenoxy) is 1. The van der Waals surface area contributed by atoms with Crippen LogP contribution in [0.5, 0.6) is 5.75 Å². The van der Waals surface area contributed by atoms with Gasteiger partial charge in [0.2, 0.25) is 11.8 Å². The third-order valence-corrected chi connectivity index (χ3v) is 4.87. The Kier molecular flexibility index (Phi) is 7.87. The van der Waals surface area contributed by atoms with Crippen molar-refractivity contribution >= 4 is 23.2 Å². The van der Waals surface area contributed by atoms with E-state index >= 15 is 0 Å². The van der Waals surface area contributed by atoms with Gasteiger partial charge in [0.05, 0.1) is 24.7 Å². The van der Waals surface area contributed by atoms with Crippen LogP contribution in [0.25, 0.3) is 0 Å². The highest BCUT2D eigenvalue weighted by Crippen LogP contribution is 2.24. The highest BCUT2D eigenvalue weighted by molar-refractivity contribution is 5.93. The zero-order chi connectivity index (χ0) is 23.8. The molecule has 0 radical (unpaired) electrons. The van der Waals surface area contributed by atoms with E-state index in [1.165, 1.54) is 12.1 Å². The van der Waals surface area contributed by atoms with Crippen LogP contribution in [0.15, 0.2) is 48.5 Å². The Morgan fingerprint density at radius 1 is 0.848 bits per heavy atom. The SMILES string of the molecule is N#Cc1ccc(NC(=O)CN2CCN(CC(=O)Nc3ccc(OC(F)(F)F)cc3)CC2)cc1. The van der Waals surface area contributed by atoms with Crippen molar-refractivity contribution in [1.82, 2.24) is 9.80 Å². The minimum absolute atomic E-state index is 0.131. The van der Waals surface area contributed by atoms with E-state index in [2.05, 4.69) is 15.4 Å². The fourth-order valence-electron chi connectivity index (χ4n) is 3.28. The van der Waals surface area contributed by atoms with Gasteiger partial charge in [-0.3, -0.25) is 19.4 Å². The van der Waals surface area contributed by atoms with Crippen LogP contribution in [-0.2, 0) is 9.59 Å². The summed E-state index contributed by atoms with van der Waals surface area (Å²) in [5.41, 5.74) is 1.50. The van der Waals surface area contributed by atoms with Gasteiger partial charge >= 0.3 is 6.36 Å². The molecule has 33 heavy (non-hydrogen) atoms. The summed E-state index contributed by atoms with van der Waals surface area (Å²) < 4.78 is 40.4. The average Bonchev–Trinajstić information content (AvgIpc) is 2.76. The first-order valence-electron chi connectivity index (χ1n) is 10.1. The molecule has 1 fully saturated rings. The van der Waals surface area contributed by atoms with Gasteiger partial charge in [-0.05, 0) is 48.5 Å². The van der Waals surface area contributed by atoms with Crippen LogP contribution in [0.1, 0.15) is 5.56 Å². The van der Waals surface area contributed by atoms with Crippen LogP contribution in [0.3, 0.4) is 0 Å². The monoisotopic (exact) mass is 461 g/mol. The summed E-state index contributed by atoms with van der Waals surface area (Å²) in [5, 5.41) is 14.2. The molecule has 1 saturated heterocycles. The molecule has 0 unspecified atom stereocenters. The predicted octanol–water partition coefficient (Wildman–Crippen LogP) is 2.65. The first-order chi connectivity index (χ1) is 15.7. The molecule has 0 aromatic heterocycles. The topological polar surface area (TPSA) is 97.7 Å². The van der Waals surface area contributed by atoms with Gasteiger partial charge in [-0.25, -0.2) is 0 Å². The lowest BCUT2D eigenvalue weighted by Gasteiger charge is -2.33. The molecular formula is C22H22F3N5O3. The number of carbonyl (C=O) groups is 2. The van der Waals surface area contributed by atoms with Crippen LogP contribution >= 0.6 is 0 Å². The minimum Gasteiger partial charge on any atom is -0.406 e. The first-order valence-corrected chi connectivity index (χ1v) is 10.1. The number of alkyl halides is 3. The van der Waals surface area contributed by atoms with Gasteiger partial charge < -0.3 is 15.4 Å². The number of nitrogens with zero attached hydrogens (tertiary/aromatic N) is 3. The molecule has 11 heteroatoms. The smallest absolute Gasteiger partial charge is 0.406 e. The number of anilines is 2. The van der Waals surface area contributed by atoms with Gasteiger partial charge in [-0.15, -0.1) is 13.2 Å². The summed E-state index contributed by atoms with van der Waals surface area (Å²) in [4.78, 5) is 28.4. The Morgan fingerprint density at radius 2 is 1.27 bits per heavy atom. The number of benzene rings is 2. The minimum atomic E-state index is -4.77. The van der Waals surface area contributed by atoms with Gasteiger partial charge in [0, 0.05) is 37.6 Å². The van der Waals surface area contributed by atoms with E-state index < -0.39 is 6.36 Å².